The molecule has 1 aromatic carbocycles. The zero-order valence-electron chi connectivity index (χ0n) is 11.2. The predicted molar refractivity (Wildman–Crippen MR) is 76.8 cm³/mol. The van der Waals surface area contributed by atoms with Gasteiger partial charge in [-0.1, -0.05) is 24.6 Å². The topological polar surface area (TPSA) is 29.3 Å². The van der Waals surface area contributed by atoms with Crippen LogP contribution in [0.1, 0.15) is 45.7 Å². The van der Waals surface area contributed by atoms with Crippen molar-refractivity contribution in [3.05, 3.63) is 28.8 Å². The molecule has 1 aromatic rings. The molecular weight excluding hydrogens is 232 g/mol. The smallest absolute Gasteiger partial charge is 0.0642 e. The third kappa shape index (κ3) is 3.36. The lowest BCUT2D eigenvalue weighted by Crippen LogP contribution is -2.32. The number of hydrogen-bond donors (Lipinski definition) is 1. The highest BCUT2D eigenvalue weighted by Gasteiger charge is 2.14. The summed E-state index contributed by atoms with van der Waals surface area (Å²) >= 11 is 6.35. The maximum Gasteiger partial charge on any atom is 0.0642 e. The molecule has 2 atom stereocenters. The summed E-state index contributed by atoms with van der Waals surface area (Å²) in [5.41, 5.74) is 8.04. The molecule has 0 heterocycles. The molecule has 0 bridgehead atoms. The van der Waals surface area contributed by atoms with Gasteiger partial charge in [-0.15, -0.1) is 0 Å². The van der Waals surface area contributed by atoms with Gasteiger partial charge in [-0.3, -0.25) is 0 Å². The zero-order valence-corrected chi connectivity index (χ0v) is 12.0. The molecule has 0 aliphatic carbocycles. The summed E-state index contributed by atoms with van der Waals surface area (Å²) in [7, 11) is 0. The average Bonchev–Trinajstić information content (AvgIpc) is 2.31. The molecule has 2 nitrogen and oxygen atoms in total. The molecule has 0 saturated heterocycles. The third-order valence-electron chi connectivity index (χ3n) is 3.27. The highest BCUT2D eigenvalue weighted by Crippen LogP contribution is 2.30. The van der Waals surface area contributed by atoms with Crippen LogP contribution in [0.4, 0.5) is 5.69 Å². The van der Waals surface area contributed by atoms with Gasteiger partial charge >= 0.3 is 0 Å². The van der Waals surface area contributed by atoms with Crippen molar-refractivity contribution < 1.29 is 0 Å². The van der Waals surface area contributed by atoms with Crippen LogP contribution in [0.5, 0.6) is 0 Å². The van der Waals surface area contributed by atoms with Gasteiger partial charge in [-0.05, 0) is 44.9 Å². The number of anilines is 1. The average molecular weight is 255 g/mol. The van der Waals surface area contributed by atoms with E-state index in [9.17, 15) is 0 Å². The first-order chi connectivity index (χ1) is 8.01. The maximum absolute atomic E-state index is 6.35. The summed E-state index contributed by atoms with van der Waals surface area (Å²) in [6.45, 7) is 9.50. The number of nitrogens with zero attached hydrogens (tertiary/aromatic N) is 1. The Morgan fingerprint density at radius 3 is 2.35 bits per heavy atom. The van der Waals surface area contributed by atoms with E-state index in [0.717, 1.165) is 29.2 Å². The van der Waals surface area contributed by atoms with Crippen LogP contribution in [-0.2, 0) is 0 Å². The van der Waals surface area contributed by atoms with Gasteiger partial charge in [0, 0.05) is 18.6 Å². The van der Waals surface area contributed by atoms with Gasteiger partial charge < -0.3 is 10.6 Å². The van der Waals surface area contributed by atoms with Crippen molar-refractivity contribution in [3.8, 4) is 0 Å². The number of halogens is 1. The van der Waals surface area contributed by atoms with E-state index in [0.29, 0.717) is 6.04 Å². The largest absolute Gasteiger partial charge is 0.368 e. The van der Waals surface area contributed by atoms with E-state index in [4.69, 9.17) is 17.3 Å². The number of hydrogen-bond acceptors (Lipinski definition) is 2. The minimum absolute atomic E-state index is 0.0280. The molecular formula is C14H23ClN2. The minimum Gasteiger partial charge on any atom is -0.368 e. The molecule has 17 heavy (non-hydrogen) atoms. The quantitative estimate of drug-likeness (QED) is 0.861. The van der Waals surface area contributed by atoms with Crippen LogP contribution in [0.2, 0.25) is 5.02 Å². The summed E-state index contributed by atoms with van der Waals surface area (Å²) in [5.74, 6) is 0. The molecule has 1 unspecified atom stereocenters. The van der Waals surface area contributed by atoms with Gasteiger partial charge in [0.2, 0.25) is 0 Å². The summed E-state index contributed by atoms with van der Waals surface area (Å²) < 4.78 is 0. The van der Waals surface area contributed by atoms with Crippen molar-refractivity contribution in [1.82, 2.24) is 0 Å². The van der Waals surface area contributed by atoms with Crippen LogP contribution in [0.3, 0.4) is 0 Å². The van der Waals surface area contributed by atoms with Gasteiger partial charge in [-0.25, -0.2) is 0 Å². The Balaban J connectivity index is 3.05. The highest BCUT2D eigenvalue weighted by atomic mass is 35.5. The third-order valence-corrected chi connectivity index (χ3v) is 3.57. The monoisotopic (exact) mass is 254 g/mol. The van der Waals surface area contributed by atoms with E-state index in [-0.39, 0.29) is 6.04 Å². The fourth-order valence-electron chi connectivity index (χ4n) is 1.98. The molecule has 2 N–H and O–H groups in total. The van der Waals surface area contributed by atoms with E-state index < -0.39 is 0 Å². The Morgan fingerprint density at radius 2 is 1.94 bits per heavy atom. The molecule has 0 aliphatic heterocycles. The Kier molecular flexibility index (Phi) is 5.29. The molecule has 0 saturated carbocycles. The van der Waals surface area contributed by atoms with Crippen LogP contribution in [0, 0.1) is 0 Å². The zero-order chi connectivity index (χ0) is 13.0. The van der Waals surface area contributed by atoms with Crippen molar-refractivity contribution >= 4 is 17.3 Å². The van der Waals surface area contributed by atoms with Crippen LogP contribution >= 0.6 is 11.6 Å². The first-order valence-corrected chi connectivity index (χ1v) is 6.70. The first-order valence-electron chi connectivity index (χ1n) is 6.32. The summed E-state index contributed by atoms with van der Waals surface area (Å²) in [6.07, 6.45) is 1.11. The fourth-order valence-corrected chi connectivity index (χ4v) is 2.28. The van der Waals surface area contributed by atoms with Gasteiger partial charge in [0.25, 0.3) is 0 Å². The van der Waals surface area contributed by atoms with Crippen LogP contribution in [-0.4, -0.2) is 12.6 Å². The molecule has 0 fully saturated rings. The molecule has 0 spiro atoms. The van der Waals surface area contributed by atoms with E-state index in [1.54, 1.807) is 0 Å². The molecule has 0 amide bonds. The Morgan fingerprint density at radius 1 is 1.29 bits per heavy atom. The molecule has 0 aliphatic rings. The minimum atomic E-state index is 0.0280. The van der Waals surface area contributed by atoms with Gasteiger partial charge in [0.15, 0.2) is 0 Å². The van der Waals surface area contributed by atoms with Crippen molar-refractivity contribution in [2.75, 3.05) is 11.4 Å². The molecule has 96 valence electrons. The maximum atomic E-state index is 6.35. The molecule has 0 aromatic heterocycles. The lowest BCUT2D eigenvalue weighted by molar-refractivity contribution is 0.630. The molecule has 0 radical (unpaired) electrons. The summed E-state index contributed by atoms with van der Waals surface area (Å²) in [4.78, 5) is 2.33. The van der Waals surface area contributed by atoms with Crippen molar-refractivity contribution in [2.24, 2.45) is 5.73 Å². The Bertz CT molecular complexity index is 363. The van der Waals surface area contributed by atoms with E-state index in [1.165, 1.54) is 0 Å². The first kappa shape index (κ1) is 14.3. The predicted octanol–water partition coefficient (Wildman–Crippen LogP) is 3.98. The van der Waals surface area contributed by atoms with E-state index in [2.05, 4.69) is 37.8 Å². The van der Waals surface area contributed by atoms with Gasteiger partial charge in [-0.2, -0.15) is 0 Å². The SMILES string of the molecule is CCC(C)N(CC)c1ccc([C@H](C)N)cc1Cl. The van der Waals surface area contributed by atoms with Crippen LogP contribution < -0.4 is 10.6 Å². The van der Waals surface area contributed by atoms with E-state index in [1.807, 2.05) is 13.0 Å². The van der Waals surface area contributed by atoms with Crippen molar-refractivity contribution in [1.29, 1.82) is 0 Å². The molecule has 3 heteroatoms. The van der Waals surface area contributed by atoms with E-state index >= 15 is 0 Å². The van der Waals surface area contributed by atoms with Crippen LogP contribution in [0.25, 0.3) is 0 Å². The fraction of sp³-hybridized carbons (Fsp3) is 0.571. The van der Waals surface area contributed by atoms with Gasteiger partial charge in [0.1, 0.15) is 0 Å². The van der Waals surface area contributed by atoms with Gasteiger partial charge in [0.05, 0.1) is 10.7 Å². The van der Waals surface area contributed by atoms with Crippen LogP contribution in [0.15, 0.2) is 18.2 Å². The highest BCUT2D eigenvalue weighted by molar-refractivity contribution is 6.33. The second-order valence-corrected chi connectivity index (χ2v) is 4.95. The number of benzene rings is 1. The molecule has 1 rings (SSSR count). The number of rotatable bonds is 5. The Labute approximate surface area is 110 Å². The summed E-state index contributed by atoms with van der Waals surface area (Å²) in [5, 5.41) is 0.793. The van der Waals surface area contributed by atoms with Crippen molar-refractivity contribution in [2.45, 2.75) is 46.2 Å². The normalized spacial score (nSPS) is 14.5. The lowest BCUT2D eigenvalue weighted by Gasteiger charge is -2.30. The summed E-state index contributed by atoms with van der Waals surface area (Å²) in [6, 6.07) is 6.65. The lowest BCUT2D eigenvalue weighted by atomic mass is 10.1. The Hall–Kier alpha value is -0.730. The number of nitrogens with two attached hydrogens (primary N) is 1. The second-order valence-electron chi connectivity index (χ2n) is 4.54. The second kappa shape index (κ2) is 6.27. The van der Waals surface area contributed by atoms with Crippen molar-refractivity contribution in [3.63, 3.8) is 0 Å². The standard InChI is InChI=1S/C14H23ClN2/c1-5-10(3)17(6-2)14-8-7-12(11(4)16)9-13(14)15/h7-11H,5-6,16H2,1-4H3/t10?,11-/m0/s1.